The van der Waals surface area contributed by atoms with Crippen LogP contribution in [0.25, 0.3) is 16.8 Å². The number of rotatable bonds is 7. The number of guanidine groups is 1. The summed E-state index contributed by atoms with van der Waals surface area (Å²) < 4.78 is 2.00. The Morgan fingerprint density at radius 3 is 2.69 bits per heavy atom. The van der Waals surface area contributed by atoms with Crippen molar-refractivity contribution in [2.24, 2.45) is 16.5 Å². The molecule has 0 radical (unpaired) electrons. The van der Waals surface area contributed by atoms with E-state index in [-0.39, 0.29) is 5.96 Å². The number of imidazole rings is 1. The summed E-state index contributed by atoms with van der Waals surface area (Å²) in [5.74, 6) is 0.276. The van der Waals surface area contributed by atoms with Gasteiger partial charge in [0.05, 0.1) is 5.69 Å². The molecule has 0 unspecified atom stereocenters. The molecule has 10 nitrogen and oxygen atoms in total. The van der Waals surface area contributed by atoms with Crippen LogP contribution in [0.15, 0.2) is 72.2 Å². The fourth-order valence-corrected chi connectivity index (χ4v) is 3.17. The first kappa shape index (κ1) is 20.8. The second kappa shape index (κ2) is 9.56. The van der Waals surface area contributed by atoms with Crippen molar-refractivity contribution >= 4 is 23.6 Å². The van der Waals surface area contributed by atoms with Gasteiger partial charge in [-0.3, -0.25) is 0 Å². The van der Waals surface area contributed by atoms with Gasteiger partial charge in [-0.05, 0) is 29.3 Å². The van der Waals surface area contributed by atoms with Crippen molar-refractivity contribution in [2.75, 3.05) is 11.9 Å². The van der Waals surface area contributed by atoms with Crippen LogP contribution in [0.2, 0.25) is 0 Å². The molecule has 0 saturated carbocycles. The van der Waals surface area contributed by atoms with Crippen molar-refractivity contribution in [3.05, 3.63) is 78.5 Å². The van der Waals surface area contributed by atoms with E-state index in [1.165, 1.54) is 0 Å². The van der Waals surface area contributed by atoms with Crippen molar-refractivity contribution in [3.8, 4) is 11.1 Å². The zero-order valence-electron chi connectivity index (χ0n) is 17.3. The fourth-order valence-electron chi connectivity index (χ4n) is 3.17. The lowest BCUT2D eigenvalue weighted by Gasteiger charge is -2.07. The van der Waals surface area contributed by atoms with E-state index in [2.05, 4.69) is 30.6 Å². The zero-order chi connectivity index (χ0) is 22.3. The second-order valence-corrected chi connectivity index (χ2v) is 7.07. The van der Waals surface area contributed by atoms with Gasteiger partial charge in [0.1, 0.15) is 5.65 Å². The number of hydrogen-bond donors (Lipinski definition) is 4. The van der Waals surface area contributed by atoms with Gasteiger partial charge < -0.3 is 26.5 Å². The molecule has 162 valence electrons. The van der Waals surface area contributed by atoms with Gasteiger partial charge in [0.2, 0.25) is 5.95 Å². The average Bonchev–Trinajstić information content (AvgIpc) is 3.21. The topological polar surface area (TPSA) is 149 Å². The number of amides is 2. The van der Waals surface area contributed by atoms with E-state index in [9.17, 15) is 4.79 Å². The Kier molecular flexibility index (Phi) is 6.21. The predicted octanol–water partition coefficient (Wildman–Crippen LogP) is 1.93. The Morgan fingerprint density at radius 2 is 1.91 bits per heavy atom. The Balaban J connectivity index is 1.33. The van der Waals surface area contributed by atoms with E-state index in [1.807, 2.05) is 59.3 Å². The molecule has 3 aromatic heterocycles. The first-order valence-electron chi connectivity index (χ1n) is 10.0. The summed E-state index contributed by atoms with van der Waals surface area (Å²) >= 11 is 0. The number of anilines is 1. The molecule has 6 N–H and O–H groups in total. The Morgan fingerprint density at radius 1 is 1.06 bits per heavy atom. The molecule has 0 atom stereocenters. The van der Waals surface area contributed by atoms with Crippen LogP contribution in [0.5, 0.6) is 0 Å². The van der Waals surface area contributed by atoms with Gasteiger partial charge in [-0.15, -0.1) is 0 Å². The van der Waals surface area contributed by atoms with Gasteiger partial charge in [-0.1, -0.05) is 24.3 Å². The molecule has 32 heavy (non-hydrogen) atoms. The van der Waals surface area contributed by atoms with E-state index in [4.69, 9.17) is 11.5 Å². The van der Waals surface area contributed by atoms with Crippen LogP contribution >= 0.6 is 0 Å². The number of fused-ring (bicyclic) bond motifs is 1. The number of hydrogen-bond acceptors (Lipinski definition) is 5. The molecule has 0 aliphatic heterocycles. The highest BCUT2D eigenvalue weighted by Crippen LogP contribution is 2.19. The van der Waals surface area contributed by atoms with E-state index in [0.717, 1.165) is 34.5 Å². The summed E-state index contributed by atoms with van der Waals surface area (Å²) in [5, 5.41) is 5.85. The number of nitrogens with two attached hydrogens (primary N) is 2. The zero-order valence-corrected chi connectivity index (χ0v) is 17.3. The monoisotopic (exact) mass is 429 g/mol. The standard InChI is InChI=1S/C22H23N9O/c23-20(24)30-22(32)28-11-15-4-3-5-16(10-15)17-12-26-21(27-13-17)25-8-7-18-14-31-9-2-1-6-19(31)29-18/h1-6,9-10,12-14H,7-8,11H2,(H,25,26,27)(H5,23,24,28,30,32). The van der Waals surface area contributed by atoms with Crippen LogP contribution in [-0.2, 0) is 13.0 Å². The van der Waals surface area contributed by atoms with Gasteiger partial charge in [0.25, 0.3) is 0 Å². The van der Waals surface area contributed by atoms with Gasteiger partial charge in [0, 0.05) is 49.9 Å². The van der Waals surface area contributed by atoms with Gasteiger partial charge >= 0.3 is 6.03 Å². The molecule has 0 saturated heterocycles. The largest absolute Gasteiger partial charge is 0.370 e. The molecular weight excluding hydrogens is 406 g/mol. The van der Waals surface area contributed by atoms with Crippen LogP contribution in [0.3, 0.4) is 0 Å². The van der Waals surface area contributed by atoms with Crippen molar-refractivity contribution in [2.45, 2.75) is 13.0 Å². The lowest BCUT2D eigenvalue weighted by atomic mass is 10.1. The highest BCUT2D eigenvalue weighted by molar-refractivity contribution is 5.90. The number of pyridine rings is 1. The van der Waals surface area contributed by atoms with Crippen LogP contribution in [0.4, 0.5) is 10.7 Å². The van der Waals surface area contributed by atoms with Gasteiger partial charge in [-0.2, -0.15) is 4.99 Å². The SMILES string of the molecule is NC(N)=NC(=O)NCc1cccc(-c2cnc(NCCc3cn4ccccc4n3)nc2)c1. The number of carbonyl (C=O) groups is 1. The molecule has 3 heterocycles. The number of nitrogens with one attached hydrogen (secondary N) is 2. The average molecular weight is 429 g/mol. The summed E-state index contributed by atoms with van der Waals surface area (Å²) in [6, 6.07) is 13.0. The summed E-state index contributed by atoms with van der Waals surface area (Å²) in [5.41, 5.74) is 15.0. The predicted molar refractivity (Wildman–Crippen MR) is 123 cm³/mol. The third-order valence-electron chi connectivity index (χ3n) is 4.66. The molecule has 4 rings (SSSR count). The number of carbonyl (C=O) groups excluding carboxylic acids is 1. The quantitative estimate of drug-likeness (QED) is 0.259. The van der Waals surface area contributed by atoms with Crippen molar-refractivity contribution < 1.29 is 4.79 Å². The number of benzene rings is 1. The van der Waals surface area contributed by atoms with Crippen LogP contribution in [-0.4, -0.2) is 37.9 Å². The Labute approximate surface area is 184 Å². The minimum Gasteiger partial charge on any atom is -0.370 e. The summed E-state index contributed by atoms with van der Waals surface area (Å²) in [6.45, 7) is 0.973. The van der Waals surface area contributed by atoms with E-state index in [1.54, 1.807) is 12.4 Å². The normalized spacial score (nSPS) is 10.6. The van der Waals surface area contributed by atoms with Crippen molar-refractivity contribution in [3.63, 3.8) is 0 Å². The molecule has 0 aliphatic rings. The van der Waals surface area contributed by atoms with Crippen molar-refractivity contribution in [1.29, 1.82) is 0 Å². The highest BCUT2D eigenvalue weighted by Gasteiger charge is 2.05. The summed E-state index contributed by atoms with van der Waals surface area (Å²) in [6.07, 6.45) is 8.29. The second-order valence-electron chi connectivity index (χ2n) is 7.07. The summed E-state index contributed by atoms with van der Waals surface area (Å²) in [4.78, 5) is 28.4. The van der Waals surface area contributed by atoms with Crippen LogP contribution in [0, 0.1) is 0 Å². The third kappa shape index (κ3) is 5.36. The van der Waals surface area contributed by atoms with Crippen LogP contribution < -0.4 is 22.1 Å². The maximum absolute atomic E-state index is 11.6. The number of aromatic nitrogens is 4. The number of aliphatic imine (C=N–C) groups is 1. The van der Waals surface area contributed by atoms with Crippen LogP contribution in [0.1, 0.15) is 11.3 Å². The molecule has 4 aromatic rings. The molecule has 1 aromatic carbocycles. The lowest BCUT2D eigenvalue weighted by Crippen LogP contribution is -2.28. The van der Waals surface area contributed by atoms with Gasteiger partial charge in [0.15, 0.2) is 5.96 Å². The molecule has 10 heteroatoms. The minimum absolute atomic E-state index is 0.277. The molecule has 2 amide bonds. The smallest absolute Gasteiger partial charge is 0.344 e. The number of nitrogens with zero attached hydrogens (tertiary/aromatic N) is 5. The van der Waals surface area contributed by atoms with E-state index in [0.29, 0.717) is 19.0 Å². The highest BCUT2D eigenvalue weighted by atomic mass is 16.2. The maximum atomic E-state index is 11.6. The Bertz CT molecular complexity index is 1210. The molecule has 0 aliphatic carbocycles. The first-order valence-corrected chi connectivity index (χ1v) is 10.0. The van der Waals surface area contributed by atoms with E-state index < -0.39 is 6.03 Å². The molecule has 0 fully saturated rings. The maximum Gasteiger partial charge on any atom is 0.344 e. The van der Waals surface area contributed by atoms with Crippen molar-refractivity contribution in [1.82, 2.24) is 24.7 Å². The fraction of sp³-hybridized carbons (Fsp3) is 0.136. The lowest BCUT2D eigenvalue weighted by molar-refractivity contribution is 0.249. The number of urea groups is 1. The van der Waals surface area contributed by atoms with E-state index >= 15 is 0 Å². The molecule has 0 bridgehead atoms. The van der Waals surface area contributed by atoms with Gasteiger partial charge in [-0.25, -0.2) is 19.7 Å². The molecule has 0 spiro atoms. The molecular formula is C22H23N9O. The Hall–Kier alpha value is -4.47. The minimum atomic E-state index is -0.585. The third-order valence-corrected chi connectivity index (χ3v) is 4.66. The first-order chi connectivity index (χ1) is 15.6. The summed E-state index contributed by atoms with van der Waals surface area (Å²) in [7, 11) is 0.